The number of carbonyl (C=O) groups is 3. The van der Waals surface area contributed by atoms with Crippen LogP contribution in [-0.2, 0) is 14.4 Å². The van der Waals surface area contributed by atoms with Crippen LogP contribution >= 0.6 is 0 Å². The summed E-state index contributed by atoms with van der Waals surface area (Å²) in [6, 6.07) is -1.21. The minimum absolute atomic E-state index is 0.0417. The molecule has 1 rings (SSSR count). The highest BCUT2D eigenvalue weighted by atomic mass is 16.4. The summed E-state index contributed by atoms with van der Waals surface area (Å²) in [4.78, 5) is 35.3. The highest BCUT2D eigenvalue weighted by molar-refractivity contribution is 6.02. The van der Waals surface area contributed by atoms with Crippen molar-refractivity contribution >= 4 is 17.8 Å². The zero-order valence-corrected chi connectivity index (χ0v) is 12.2. The van der Waals surface area contributed by atoms with Crippen LogP contribution in [0.25, 0.3) is 0 Å². The second-order valence-electron chi connectivity index (χ2n) is 4.96. The molecule has 1 aliphatic rings. The molecule has 7 heteroatoms. The molecule has 0 bridgehead atoms. The van der Waals surface area contributed by atoms with Gasteiger partial charge < -0.3 is 20.2 Å². The fraction of sp³-hybridized carbons (Fsp3) is 0.400. The first-order chi connectivity index (χ1) is 10.3. The summed E-state index contributed by atoms with van der Waals surface area (Å²) in [5, 5.41) is 27.2. The van der Waals surface area contributed by atoms with Gasteiger partial charge in [0.25, 0.3) is 5.91 Å². The largest absolute Gasteiger partial charge is 0.481 e. The standard InChI is InChI=1S/C15H19NO6/c1-3-11-10(5-4-9(2)17)8-16(14(11)20)12(15(21)22)6-7-13(18)19/h3-5,9,12,17H,1,6-8H2,2H3,(H,18,19)(H,21,22)/b5-4-. The average molecular weight is 309 g/mol. The maximum absolute atomic E-state index is 12.3. The summed E-state index contributed by atoms with van der Waals surface area (Å²) < 4.78 is 0. The van der Waals surface area contributed by atoms with Crippen LogP contribution in [-0.4, -0.2) is 56.8 Å². The number of amides is 1. The van der Waals surface area contributed by atoms with Crippen molar-refractivity contribution in [3.05, 3.63) is 36.0 Å². The predicted octanol–water partition coefficient (Wildman–Crippen LogP) is 0.566. The normalized spacial score (nSPS) is 17.9. The molecule has 120 valence electrons. The number of carboxylic acid groups (broad SMARTS) is 2. The van der Waals surface area contributed by atoms with Gasteiger partial charge in [-0.2, -0.15) is 0 Å². The minimum atomic E-state index is -1.25. The molecule has 0 aromatic rings. The Kier molecular flexibility index (Phi) is 6.06. The quantitative estimate of drug-likeness (QED) is 0.603. The van der Waals surface area contributed by atoms with E-state index >= 15 is 0 Å². The first kappa shape index (κ1) is 17.6. The lowest BCUT2D eigenvalue weighted by Crippen LogP contribution is -2.43. The van der Waals surface area contributed by atoms with Gasteiger partial charge in [-0.3, -0.25) is 9.59 Å². The molecule has 22 heavy (non-hydrogen) atoms. The number of hydrogen-bond acceptors (Lipinski definition) is 4. The van der Waals surface area contributed by atoms with Crippen molar-refractivity contribution in [2.24, 2.45) is 0 Å². The number of hydrogen-bond donors (Lipinski definition) is 3. The van der Waals surface area contributed by atoms with Crippen LogP contribution < -0.4 is 0 Å². The Morgan fingerprint density at radius 2 is 2.05 bits per heavy atom. The van der Waals surface area contributed by atoms with E-state index in [1.165, 1.54) is 12.2 Å². The van der Waals surface area contributed by atoms with E-state index in [1.54, 1.807) is 13.0 Å². The molecule has 1 aliphatic heterocycles. The predicted molar refractivity (Wildman–Crippen MR) is 78.1 cm³/mol. The molecular weight excluding hydrogens is 290 g/mol. The summed E-state index contributed by atoms with van der Waals surface area (Å²) >= 11 is 0. The lowest BCUT2D eigenvalue weighted by molar-refractivity contribution is -0.148. The molecular formula is C15H19NO6. The van der Waals surface area contributed by atoms with Crippen LogP contribution in [0.4, 0.5) is 0 Å². The Balaban J connectivity index is 2.98. The van der Waals surface area contributed by atoms with Crippen LogP contribution in [0.3, 0.4) is 0 Å². The van der Waals surface area contributed by atoms with Crippen LogP contribution in [0.1, 0.15) is 19.8 Å². The number of carbonyl (C=O) groups excluding carboxylic acids is 1. The van der Waals surface area contributed by atoms with Gasteiger partial charge in [0.2, 0.25) is 0 Å². The van der Waals surface area contributed by atoms with Gasteiger partial charge in [-0.15, -0.1) is 0 Å². The highest BCUT2D eigenvalue weighted by Crippen LogP contribution is 2.25. The van der Waals surface area contributed by atoms with E-state index in [0.717, 1.165) is 4.90 Å². The van der Waals surface area contributed by atoms with Gasteiger partial charge in [0.05, 0.1) is 6.10 Å². The molecule has 0 aliphatic carbocycles. The molecule has 2 atom stereocenters. The van der Waals surface area contributed by atoms with Crippen molar-refractivity contribution in [1.82, 2.24) is 4.90 Å². The van der Waals surface area contributed by atoms with Crippen LogP contribution in [0.15, 0.2) is 36.0 Å². The lowest BCUT2D eigenvalue weighted by atomic mass is 10.1. The smallest absolute Gasteiger partial charge is 0.326 e. The van der Waals surface area contributed by atoms with Gasteiger partial charge >= 0.3 is 11.9 Å². The highest BCUT2D eigenvalue weighted by Gasteiger charge is 2.36. The van der Waals surface area contributed by atoms with E-state index in [-0.39, 0.29) is 25.0 Å². The Morgan fingerprint density at radius 3 is 2.50 bits per heavy atom. The van der Waals surface area contributed by atoms with E-state index in [1.807, 2.05) is 0 Å². The molecule has 0 saturated heterocycles. The van der Waals surface area contributed by atoms with Crippen molar-refractivity contribution < 1.29 is 29.7 Å². The van der Waals surface area contributed by atoms with Crippen molar-refractivity contribution in [1.29, 1.82) is 0 Å². The minimum Gasteiger partial charge on any atom is -0.481 e. The molecule has 0 spiro atoms. The average Bonchev–Trinajstić information content (AvgIpc) is 2.72. The SMILES string of the molecule is C=CC1=C(/C=C\C(C)O)CN(C(CCC(=O)O)C(=O)O)C1=O. The van der Waals surface area contributed by atoms with E-state index < -0.39 is 30.0 Å². The number of aliphatic hydroxyl groups is 1. The van der Waals surface area contributed by atoms with Crippen LogP contribution in [0.5, 0.6) is 0 Å². The molecule has 0 fully saturated rings. The zero-order chi connectivity index (χ0) is 16.9. The van der Waals surface area contributed by atoms with Crippen LogP contribution in [0.2, 0.25) is 0 Å². The fourth-order valence-corrected chi connectivity index (χ4v) is 2.17. The Labute approximate surface area is 127 Å². The second-order valence-corrected chi connectivity index (χ2v) is 4.96. The monoisotopic (exact) mass is 309 g/mol. The molecule has 0 aromatic heterocycles. The summed E-state index contributed by atoms with van der Waals surface area (Å²) in [7, 11) is 0. The number of aliphatic hydroxyl groups excluding tert-OH is 1. The molecule has 7 nitrogen and oxygen atoms in total. The number of rotatable bonds is 8. The third-order valence-corrected chi connectivity index (χ3v) is 3.25. The third-order valence-electron chi connectivity index (χ3n) is 3.25. The molecule has 1 amide bonds. The van der Waals surface area contributed by atoms with Gasteiger partial charge in [-0.1, -0.05) is 24.8 Å². The zero-order valence-electron chi connectivity index (χ0n) is 12.2. The first-order valence-electron chi connectivity index (χ1n) is 6.75. The molecule has 3 N–H and O–H groups in total. The lowest BCUT2D eigenvalue weighted by Gasteiger charge is -2.24. The maximum atomic E-state index is 12.3. The summed E-state index contributed by atoms with van der Waals surface area (Å²) in [5.74, 6) is -2.87. The molecule has 0 radical (unpaired) electrons. The Morgan fingerprint density at radius 1 is 1.41 bits per heavy atom. The number of carboxylic acids is 2. The van der Waals surface area contributed by atoms with Crippen molar-refractivity contribution in [2.75, 3.05) is 6.54 Å². The van der Waals surface area contributed by atoms with E-state index in [4.69, 9.17) is 5.11 Å². The maximum Gasteiger partial charge on any atom is 0.326 e. The summed E-state index contributed by atoms with van der Waals surface area (Å²) in [5.41, 5.74) is 0.806. The topological polar surface area (TPSA) is 115 Å². The van der Waals surface area contributed by atoms with Gasteiger partial charge in [0, 0.05) is 18.5 Å². The number of nitrogens with zero attached hydrogens (tertiary/aromatic N) is 1. The summed E-state index contributed by atoms with van der Waals surface area (Å²) in [6.45, 7) is 5.13. The molecule has 0 aromatic carbocycles. The van der Waals surface area contributed by atoms with Crippen molar-refractivity contribution in [3.8, 4) is 0 Å². The Bertz CT molecular complexity index is 546. The second kappa shape index (κ2) is 7.56. The summed E-state index contributed by atoms with van der Waals surface area (Å²) in [6.07, 6.45) is 3.14. The third kappa shape index (κ3) is 4.29. The van der Waals surface area contributed by atoms with Crippen molar-refractivity contribution in [2.45, 2.75) is 31.9 Å². The molecule has 1 heterocycles. The van der Waals surface area contributed by atoms with E-state index in [2.05, 4.69) is 6.58 Å². The van der Waals surface area contributed by atoms with Gasteiger partial charge in [-0.05, 0) is 18.9 Å². The van der Waals surface area contributed by atoms with Crippen LogP contribution in [0, 0.1) is 0 Å². The molecule has 0 saturated carbocycles. The molecule has 2 unspecified atom stereocenters. The Hall–Kier alpha value is -2.41. The fourth-order valence-electron chi connectivity index (χ4n) is 2.17. The van der Waals surface area contributed by atoms with Crippen molar-refractivity contribution in [3.63, 3.8) is 0 Å². The van der Waals surface area contributed by atoms with Gasteiger partial charge in [0.1, 0.15) is 6.04 Å². The van der Waals surface area contributed by atoms with Gasteiger partial charge in [0.15, 0.2) is 0 Å². The van der Waals surface area contributed by atoms with Gasteiger partial charge in [-0.25, -0.2) is 4.79 Å². The first-order valence-corrected chi connectivity index (χ1v) is 6.75. The number of aliphatic carboxylic acids is 2. The van der Waals surface area contributed by atoms with E-state index in [0.29, 0.717) is 5.57 Å². The van der Waals surface area contributed by atoms with E-state index in [9.17, 15) is 24.6 Å².